The lowest BCUT2D eigenvalue weighted by molar-refractivity contribution is 0.587. The van der Waals surface area contributed by atoms with Gasteiger partial charge >= 0.3 is 0 Å². The highest BCUT2D eigenvalue weighted by molar-refractivity contribution is 6.32. The Labute approximate surface area is 108 Å². The molecule has 0 saturated heterocycles. The molecule has 2 rings (SSSR count). The van der Waals surface area contributed by atoms with Crippen LogP contribution in [-0.2, 0) is 0 Å². The van der Waals surface area contributed by atoms with Crippen molar-refractivity contribution in [1.82, 2.24) is 0 Å². The molecule has 17 heavy (non-hydrogen) atoms. The minimum Gasteiger partial charge on any atom is -0.381 e. The van der Waals surface area contributed by atoms with Crippen LogP contribution in [0.25, 0.3) is 0 Å². The zero-order valence-electron chi connectivity index (χ0n) is 10.0. The minimum absolute atomic E-state index is 0.452. The summed E-state index contributed by atoms with van der Waals surface area (Å²) in [7, 11) is 0. The molecular weight excluding hydrogens is 232 g/mol. The van der Waals surface area contributed by atoms with E-state index in [1.807, 2.05) is 12.1 Å². The number of halogens is 1. The third-order valence-electron chi connectivity index (χ3n) is 3.29. The van der Waals surface area contributed by atoms with Gasteiger partial charge in [-0.2, -0.15) is 5.26 Å². The molecule has 1 aromatic carbocycles. The fraction of sp³-hybridized carbons (Fsp3) is 0.500. The van der Waals surface area contributed by atoms with Crippen LogP contribution in [0.5, 0.6) is 0 Å². The first-order valence-electron chi connectivity index (χ1n) is 6.19. The van der Waals surface area contributed by atoms with E-state index in [0.717, 1.165) is 18.0 Å². The number of hydrogen-bond donors (Lipinski definition) is 1. The van der Waals surface area contributed by atoms with Crippen LogP contribution in [0, 0.1) is 17.2 Å². The number of anilines is 1. The van der Waals surface area contributed by atoms with E-state index in [2.05, 4.69) is 18.3 Å². The SMILES string of the molecule is CCC(CC1CC1)Nc1cccc(Cl)c1C#N. The van der Waals surface area contributed by atoms with Crippen molar-refractivity contribution in [2.45, 2.75) is 38.6 Å². The summed E-state index contributed by atoms with van der Waals surface area (Å²) in [4.78, 5) is 0. The van der Waals surface area contributed by atoms with Crippen molar-refractivity contribution in [2.75, 3.05) is 5.32 Å². The molecule has 0 spiro atoms. The third-order valence-corrected chi connectivity index (χ3v) is 3.61. The van der Waals surface area contributed by atoms with Crippen molar-refractivity contribution in [2.24, 2.45) is 5.92 Å². The Balaban J connectivity index is 2.10. The van der Waals surface area contributed by atoms with Gasteiger partial charge in [0.25, 0.3) is 0 Å². The fourth-order valence-corrected chi connectivity index (χ4v) is 2.28. The van der Waals surface area contributed by atoms with Crippen LogP contribution in [0.4, 0.5) is 5.69 Å². The van der Waals surface area contributed by atoms with Crippen molar-refractivity contribution in [1.29, 1.82) is 5.26 Å². The molecule has 1 aliphatic rings. The van der Waals surface area contributed by atoms with Gasteiger partial charge in [0.15, 0.2) is 0 Å². The maximum atomic E-state index is 9.10. The molecule has 1 unspecified atom stereocenters. The molecule has 0 amide bonds. The summed E-state index contributed by atoms with van der Waals surface area (Å²) in [5, 5.41) is 13.1. The third kappa shape index (κ3) is 3.14. The van der Waals surface area contributed by atoms with Crippen molar-refractivity contribution in [3.8, 4) is 6.07 Å². The van der Waals surface area contributed by atoms with Gasteiger partial charge in [-0.3, -0.25) is 0 Å². The Morgan fingerprint density at radius 3 is 2.88 bits per heavy atom. The van der Waals surface area contributed by atoms with Crippen molar-refractivity contribution >= 4 is 17.3 Å². The Bertz CT molecular complexity index is 432. The average Bonchev–Trinajstić information content (AvgIpc) is 3.12. The van der Waals surface area contributed by atoms with E-state index in [1.54, 1.807) is 6.07 Å². The van der Waals surface area contributed by atoms with Crippen LogP contribution in [0.15, 0.2) is 18.2 Å². The highest BCUT2D eigenvalue weighted by atomic mass is 35.5. The first kappa shape index (κ1) is 12.3. The van der Waals surface area contributed by atoms with Crippen molar-refractivity contribution in [3.05, 3.63) is 28.8 Å². The predicted octanol–water partition coefficient (Wildman–Crippen LogP) is 4.20. The number of rotatable bonds is 5. The van der Waals surface area contributed by atoms with Gasteiger partial charge in [-0.25, -0.2) is 0 Å². The monoisotopic (exact) mass is 248 g/mol. The smallest absolute Gasteiger partial charge is 0.103 e. The van der Waals surface area contributed by atoms with E-state index in [4.69, 9.17) is 16.9 Å². The summed E-state index contributed by atoms with van der Waals surface area (Å²) in [6.45, 7) is 2.18. The number of nitrogens with zero attached hydrogens (tertiary/aromatic N) is 1. The summed E-state index contributed by atoms with van der Waals surface area (Å²) >= 11 is 6.01. The van der Waals surface area contributed by atoms with Gasteiger partial charge in [-0.15, -0.1) is 0 Å². The van der Waals surface area contributed by atoms with Gasteiger partial charge in [-0.1, -0.05) is 37.4 Å². The Morgan fingerprint density at radius 2 is 2.29 bits per heavy atom. The summed E-state index contributed by atoms with van der Waals surface area (Å²) in [6.07, 6.45) is 5.00. The lowest BCUT2D eigenvalue weighted by Gasteiger charge is -2.19. The second kappa shape index (κ2) is 5.42. The summed E-state index contributed by atoms with van der Waals surface area (Å²) in [6, 6.07) is 8.19. The molecule has 1 saturated carbocycles. The van der Waals surface area contributed by atoms with Crippen LogP contribution >= 0.6 is 11.6 Å². The molecule has 1 aromatic rings. The zero-order valence-corrected chi connectivity index (χ0v) is 10.8. The molecule has 1 fully saturated rings. The maximum Gasteiger partial charge on any atom is 0.103 e. The summed E-state index contributed by atoms with van der Waals surface area (Å²) in [5.74, 6) is 0.886. The second-order valence-electron chi connectivity index (χ2n) is 4.70. The number of nitriles is 1. The van der Waals surface area contributed by atoms with Crippen LogP contribution in [0.3, 0.4) is 0 Å². The Morgan fingerprint density at radius 1 is 1.53 bits per heavy atom. The van der Waals surface area contributed by atoms with Crippen LogP contribution in [-0.4, -0.2) is 6.04 Å². The van der Waals surface area contributed by atoms with E-state index in [1.165, 1.54) is 19.3 Å². The van der Waals surface area contributed by atoms with E-state index in [-0.39, 0.29) is 0 Å². The molecule has 0 radical (unpaired) electrons. The zero-order chi connectivity index (χ0) is 12.3. The van der Waals surface area contributed by atoms with Crippen LogP contribution in [0.2, 0.25) is 5.02 Å². The first-order valence-corrected chi connectivity index (χ1v) is 6.57. The van der Waals surface area contributed by atoms with Crippen LogP contribution in [0.1, 0.15) is 38.2 Å². The molecule has 90 valence electrons. The number of benzene rings is 1. The molecule has 0 aliphatic heterocycles. The van der Waals surface area contributed by atoms with Gasteiger partial charge < -0.3 is 5.32 Å². The largest absolute Gasteiger partial charge is 0.381 e. The molecule has 0 heterocycles. The molecule has 0 aromatic heterocycles. The summed E-state index contributed by atoms with van der Waals surface area (Å²) < 4.78 is 0. The number of nitrogens with one attached hydrogen (secondary N) is 1. The molecule has 2 nitrogen and oxygen atoms in total. The second-order valence-corrected chi connectivity index (χ2v) is 5.11. The standard InChI is InChI=1S/C14H17ClN2/c1-2-11(8-10-6-7-10)17-14-5-3-4-13(15)12(14)9-16/h3-5,10-11,17H,2,6-8H2,1H3. The van der Waals surface area contributed by atoms with Gasteiger partial charge in [-0.05, 0) is 30.9 Å². The van der Waals surface area contributed by atoms with E-state index >= 15 is 0 Å². The van der Waals surface area contributed by atoms with Crippen molar-refractivity contribution < 1.29 is 0 Å². The molecule has 3 heteroatoms. The normalized spacial score (nSPS) is 16.3. The molecular formula is C14H17ClN2. The summed E-state index contributed by atoms with van der Waals surface area (Å²) in [5.41, 5.74) is 1.43. The average molecular weight is 249 g/mol. The van der Waals surface area contributed by atoms with Gasteiger partial charge in [0.1, 0.15) is 6.07 Å². The Hall–Kier alpha value is -1.20. The lowest BCUT2D eigenvalue weighted by atomic mass is 10.1. The Kier molecular flexibility index (Phi) is 3.91. The van der Waals surface area contributed by atoms with Crippen LogP contribution < -0.4 is 5.32 Å². The van der Waals surface area contributed by atoms with Crippen molar-refractivity contribution in [3.63, 3.8) is 0 Å². The van der Waals surface area contributed by atoms with Gasteiger partial charge in [0.2, 0.25) is 0 Å². The maximum absolute atomic E-state index is 9.10. The number of hydrogen-bond acceptors (Lipinski definition) is 2. The molecule has 1 aliphatic carbocycles. The van der Waals surface area contributed by atoms with E-state index < -0.39 is 0 Å². The topological polar surface area (TPSA) is 35.8 Å². The molecule has 1 atom stereocenters. The lowest BCUT2D eigenvalue weighted by Crippen LogP contribution is -2.19. The molecule has 0 bridgehead atoms. The highest BCUT2D eigenvalue weighted by Crippen LogP contribution is 2.35. The highest BCUT2D eigenvalue weighted by Gasteiger charge is 2.25. The van der Waals surface area contributed by atoms with Gasteiger partial charge in [0, 0.05) is 6.04 Å². The van der Waals surface area contributed by atoms with Gasteiger partial charge in [0.05, 0.1) is 16.3 Å². The van der Waals surface area contributed by atoms with E-state index in [9.17, 15) is 0 Å². The fourth-order valence-electron chi connectivity index (χ4n) is 2.06. The van der Waals surface area contributed by atoms with E-state index in [0.29, 0.717) is 16.6 Å². The predicted molar refractivity (Wildman–Crippen MR) is 71.2 cm³/mol. The quantitative estimate of drug-likeness (QED) is 0.848. The minimum atomic E-state index is 0.452. The molecule has 1 N–H and O–H groups in total. The first-order chi connectivity index (χ1) is 8.24.